The summed E-state index contributed by atoms with van der Waals surface area (Å²) in [5.41, 5.74) is 2.14. The fourth-order valence-electron chi connectivity index (χ4n) is 1.60. The third-order valence-corrected chi connectivity index (χ3v) is 2.76. The predicted octanol–water partition coefficient (Wildman–Crippen LogP) is 2.10. The number of hydrogen-bond donors (Lipinski definition) is 1. The van der Waals surface area contributed by atoms with Gasteiger partial charge in [-0.25, -0.2) is 0 Å². The van der Waals surface area contributed by atoms with Crippen LogP contribution in [0.1, 0.15) is 12.5 Å². The maximum atomic E-state index is 8.51. The van der Waals surface area contributed by atoms with Crippen LogP contribution in [0.4, 0.5) is 0 Å². The minimum Gasteiger partial charge on any atom is -0.498 e. The van der Waals surface area contributed by atoms with E-state index in [9.17, 15) is 0 Å². The van der Waals surface area contributed by atoms with Gasteiger partial charge in [0, 0.05) is 0 Å². The van der Waals surface area contributed by atoms with E-state index in [0.29, 0.717) is 33.0 Å². The number of ether oxygens (including phenoxy) is 4. The Bertz CT molecular complexity index is 400. The van der Waals surface area contributed by atoms with E-state index in [-0.39, 0.29) is 6.61 Å². The Balaban J connectivity index is 2.14. The van der Waals surface area contributed by atoms with Gasteiger partial charge in [-0.05, 0) is 30.2 Å². The average Bonchev–Trinajstić information content (AvgIpc) is 2.53. The van der Waals surface area contributed by atoms with Crippen molar-refractivity contribution in [3.05, 3.63) is 36.1 Å². The molecule has 0 aliphatic carbocycles. The number of hydrogen-bond acceptors (Lipinski definition) is 5. The van der Waals surface area contributed by atoms with E-state index in [1.807, 2.05) is 31.2 Å². The molecule has 0 spiro atoms. The molecule has 0 aliphatic rings. The van der Waals surface area contributed by atoms with Gasteiger partial charge < -0.3 is 24.1 Å². The van der Waals surface area contributed by atoms with Crippen molar-refractivity contribution in [1.82, 2.24) is 0 Å². The minimum absolute atomic E-state index is 0.0402. The fourth-order valence-corrected chi connectivity index (χ4v) is 1.60. The van der Waals surface area contributed by atoms with E-state index in [1.54, 1.807) is 13.4 Å². The number of methoxy groups -OCH3 is 1. The van der Waals surface area contributed by atoms with Gasteiger partial charge in [0.05, 0.1) is 46.4 Å². The molecule has 0 aromatic heterocycles. The van der Waals surface area contributed by atoms with Crippen molar-refractivity contribution in [3.8, 4) is 5.75 Å². The molecule has 1 N–H and O–H groups in total. The molecule has 0 saturated carbocycles. The van der Waals surface area contributed by atoms with Crippen LogP contribution in [0.2, 0.25) is 0 Å². The van der Waals surface area contributed by atoms with Gasteiger partial charge in [0.15, 0.2) is 0 Å². The molecular weight excluding hydrogens is 272 g/mol. The number of allylic oxidation sites excluding steroid dienone is 1. The van der Waals surface area contributed by atoms with Gasteiger partial charge in [0.2, 0.25) is 0 Å². The third-order valence-electron chi connectivity index (χ3n) is 2.76. The monoisotopic (exact) mass is 296 g/mol. The lowest BCUT2D eigenvalue weighted by molar-refractivity contribution is 0.0204. The van der Waals surface area contributed by atoms with Crippen molar-refractivity contribution < 1.29 is 24.1 Å². The van der Waals surface area contributed by atoms with Gasteiger partial charge in [-0.2, -0.15) is 0 Å². The molecule has 0 atom stereocenters. The van der Waals surface area contributed by atoms with E-state index in [1.165, 1.54) is 0 Å². The first-order chi connectivity index (χ1) is 10.3. The van der Waals surface area contributed by atoms with Crippen molar-refractivity contribution in [2.75, 3.05) is 46.8 Å². The Morgan fingerprint density at radius 1 is 1.00 bits per heavy atom. The maximum absolute atomic E-state index is 8.51. The molecule has 0 radical (unpaired) electrons. The van der Waals surface area contributed by atoms with Crippen LogP contribution in [0.15, 0.2) is 30.5 Å². The molecule has 5 nitrogen and oxygen atoms in total. The Kier molecular flexibility index (Phi) is 9.28. The first kappa shape index (κ1) is 17.5. The second-order valence-electron chi connectivity index (χ2n) is 4.35. The summed E-state index contributed by atoms with van der Waals surface area (Å²) in [5.74, 6) is 0.837. The number of aliphatic hydroxyl groups excluding tert-OH is 1. The van der Waals surface area contributed by atoms with Gasteiger partial charge in [-0.3, -0.25) is 0 Å². The lowest BCUT2D eigenvalue weighted by Crippen LogP contribution is -2.09. The summed E-state index contributed by atoms with van der Waals surface area (Å²) in [5, 5.41) is 8.51. The van der Waals surface area contributed by atoms with Crippen LogP contribution < -0.4 is 4.74 Å². The number of rotatable bonds is 11. The summed E-state index contributed by atoms with van der Waals surface area (Å²) in [4.78, 5) is 0. The van der Waals surface area contributed by atoms with Crippen molar-refractivity contribution in [3.63, 3.8) is 0 Å². The maximum Gasteiger partial charge on any atom is 0.118 e. The highest BCUT2D eigenvalue weighted by atomic mass is 16.5. The zero-order valence-electron chi connectivity index (χ0n) is 12.7. The first-order valence-corrected chi connectivity index (χ1v) is 6.97. The Hall–Kier alpha value is -1.56. The summed E-state index contributed by atoms with van der Waals surface area (Å²) in [6, 6.07) is 7.82. The second kappa shape index (κ2) is 11.1. The zero-order chi connectivity index (χ0) is 15.3. The van der Waals surface area contributed by atoms with Gasteiger partial charge in [0.1, 0.15) is 12.4 Å². The van der Waals surface area contributed by atoms with E-state index in [0.717, 1.165) is 16.9 Å². The lowest BCUT2D eigenvalue weighted by atomic mass is 10.1. The molecule has 0 heterocycles. The van der Waals surface area contributed by atoms with Gasteiger partial charge in [-0.1, -0.05) is 12.1 Å². The molecule has 1 rings (SSSR count). The summed E-state index contributed by atoms with van der Waals surface area (Å²) < 4.78 is 20.9. The van der Waals surface area contributed by atoms with E-state index in [2.05, 4.69) is 0 Å². The standard InChI is InChI=1S/C16H24O5/c1-14(15-3-5-16(18-2)6-4-15)13-21-12-11-20-10-9-19-8-7-17/h3-6,13,17H,7-12H2,1-2H3/b14-13+. The molecule has 118 valence electrons. The summed E-state index contributed by atoms with van der Waals surface area (Å²) in [7, 11) is 1.65. The largest absolute Gasteiger partial charge is 0.498 e. The first-order valence-electron chi connectivity index (χ1n) is 6.97. The highest BCUT2D eigenvalue weighted by Crippen LogP contribution is 2.17. The van der Waals surface area contributed by atoms with Crippen LogP contribution in [-0.2, 0) is 14.2 Å². The third kappa shape index (κ3) is 7.70. The smallest absolute Gasteiger partial charge is 0.118 e. The summed E-state index contributed by atoms with van der Waals surface area (Å²) >= 11 is 0. The van der Waals surface area contributed by atoms with E-state index >= 15 is 0 Å². The van der Waals surface area contributed by atoms with Crippen LogP contribution in [0.25, 0.3) is 5.57 Å². The van der Waals surface area contributed by atoms with Crippen LogP contribution in [-0.4, -0.2) is 51.9 Å². The molecule has 0 bridgehead atoms. The molecule has 0 fully saturated rings. The average molecular weight is 296 g/mol. The van der Waals surface area contributed by atoms with Crippen LogP contribution in [0.5, 0.6) is 5.75 Å². The minimum atomic E-state index is 0.0402. The van der Waals surface area contributed by atoms with Gasteiger partial charge in [-0.15, -0.1) is 0 Å². The Morgan fingerprint density at radius 2 is 1.62 bits per heavy atom. The molecule has 1 aromatic rings. The van der Waals surface area contributed by atoms with Crippen LogP contribution in [0.3, 0.4) is 0 Å². The molecule has 21 heavy (non-hydrogen) atoms. The second-order valence-corrected chi connectivity index (χ2v) is 4.35. The summed E-state index contributed by atoms with van der Waals surface area (Å²) in [6.45, 7) is 4.38. The molecule has 0 amide bonds. The zero-order valence-corrected chi connectivity index (χ0v) is 12.7. The van der Waals surface area contributed by atoms with E-state index < -0.39 is 0 Å². The highest BCUT2D eigenvalue weighted by Gasteiger charge is 1.97. The Morgan fingerprint density at radius 3 is 2.24 bits per heavy atom. The molecular formula is C16H24O5. The van der Waals surface area contributed by atoms with Crippen LogP contribution in [0, 0.1) is 0 Å². The van der Waals surface area contributed by atoms with E-state index in [4.69, 9.17) is 24.1 Å². The number of aliphatic hydroxyl groups is 1. The molecule has 0 saturated heterocycles. The SMILES string of the molecule is COc1ccc(/C(C)=C/OCCOCCOCCO)cc1. The van der Waals surface area contributed by atoms with Crippen molar-refractivity contribution in [1.29, 1.82) is 0 Å². The summed E-state index contributed by atoms with van der Waals surface area (Å²) in [6.07, 6.45) is 1.73. The van der Waals surface area contributed by atoms with Crippen molar-refractivity contribution >= 4 is 5.57 Å². The van der Waals surface area contributed by atoms with Crippen molar-refractivity contribution in [2.24, 2.45) is 0 Å². The highest BCUT2D eigenvalue weighted by molar-refractivity contribution is 5.63. The fraction of sp³-hybridized carbons (Fsp3) is 0.500. The quantitative estimate of drug-likeness (QED) is 0.500. The lowest BCUT2D eigenvalue weighted by Gasteiger charge is -2.06. The van der Waals surface area contributed by atoms with Gasteiger partial charge >= 0.3 is 0 Å². The topological polar surface area (TPSA) is 57.2 Å². The van der Waals surface area contributed by atoms with Gasteiger partial charge in [0.25, 0.3) is 0 Å². The molecule has 5 heteroatoms. The number of benzene rings is 1. The Labute approximate surface area is 126 Å². The molecule has 0 unspecified atom stereocenters. The molecule has 1 aromatic carbocycles. The van der Waals surface area contributed by atoms with Crippen molar-refractivity contribution in [2.45, 2.75) is 6.92 Å². The molecule has 0 aliphatic heterocycles. The predicted molar refractivity (Wildman–Crippen MR) is 81.3 cm³/mol. The normalized spacial score (nSPS) is 11.5. The van der Waals surface area contributed by atoms with Crippen LogP contribution >= 0.6 is 0 Å².